The van der Waals surface area contributed by atoms with E-state index in [1.54, 1.807) is 4.90 Å². The maximum atomic E-state index is 14.9. The first-order valence-corrected chi connectivity index (χ1v) is 15.0. The zero-order valence-electron chi connectivity index (χ0n) is 24.8. The fraction of sp³-hybridized carbons (Fsp3) is 0.636. The van der Waals surface area contributed by atoms with E-state index in [9.17, 15) is 14.7 Å². The highest BCUT2D eigenvalue weighted by Gasteiger charge is 2.77. The van der Waals surface area contributed by atoms with Gasteiger partial charge in [0.25, 0.3) is 0 Å². The number of nitrogens with zero attached hydrogens (tertiary/aromatic N) is 1. The second kappa shape index (κ2) is 8.68. The molecule has 4 aliphatic carbocycles. The van der Waals surface area contributed by atoms with Crippen molar-refractivity contribution in [3.63, 3.8) is 0 Å². The molecule has 2 aliphatic heterocycles. The lowest BCUT2D eigenvalue weighted by atomic mass is 9.58. The van der Waals surface area contributed by atoms with Gasteiger partial charge in [0.05, 0.1) is 24.3 Å². The van der Waals surface area contributed by atoms with Gasteiger partial charge in [0.1, 0.15) is 18.5 Å². The second-order valence-electron chi connectivity index (χ2n) is 13.9. The van der Waals surface area contributed by atoms with Crippen molar-refractivity contribution >= 4 is 17.6 Å². The van der Waals surface area contributed by atoms with Crippen molar-refractivity contribution in [1.29, 1.82) is 0 Å². The summed E-state index contributed by atoms with van der Waals surface area (Å²) in [6.45, 7) is 13.0. The molecule has 1 aromatic carbocycles. The van der Waals surface area contributed by atoms with Crippen molar-refractivity contribution in [3.8, 4) is 5.75 Å². The van der Waals surface area contributed by atoms with Crippen LogP contribution >= 0.6 is 0 Å². The molecule has 0 aromatic heterocycles. The van der Waals surface area contributed by atoms with Crippen LogP contribution in [-0.2, 0) is 19.0 Å². The number of ketones is 1. The van der Waals surface area contributed by atoms with E-state index in [1.807, 2.05) is 57.2 Å². The summed E-state index contributed by atoms with van der Waals surface area (Å²) in [6.07, 6.45) is 3.23. The van der Waals surface area contributed by atoms with Crippen LogP contribution in [0.2, 0.25) is 0 Å². The van der Waals surface area contributed by atoms with Crippen molar-refractivity contribution in [2.75, 3.05) is 24.7 Å². The Hall–Kier alpha value is -2.68. The number of rotatable bonds is 2. The average Bonchev–Trinajstić information content (AvgIpc) is 3.63. The summed E-state index contributed by atoms with van der Waals surface area (Å²) in [4.78, 5) is 30.3. The Morgan fingerprint density at radius 2 is 1.95 bits per heavy atom. The van der Waals surface area contributed by atoms with Gasteiger partial charge in [-0.3, -0.25) is 9.69 Å². The van der Waals surface area contributed by atoms with Gasteiger partial charge in [0, 0.05) is 5.92 Å². The summed E-state index contributed by atoms with van der Waals surface area (Å²) in [5, 5.41) is 13.3. The molecule has 8 atom stereocenters. The van der Waals surface area contributed by atoms with E-state index in [0.29, 0.717) is 36.1 Å². The standard InChI is InChI=1S/C33H41NO7/c1-18(2)31-15-20(4)32-14-19(3)27(40-29(36)34-11-12-38-25-10-8-7-9-24(25)34)33(32,37)28-21(17-39-30(5,6)41-28)13-22(26(32)35)23(31)16-31/h7-10,13-14,18,20,22-23,27-28,37H,11-12,15-17H2,1-6H3/t20-,22+,23+,27+,28-,31?,32+,33-/m1/s1. The van der Waals surface area contributed by atoms with E-state index in [2.05, 4.69) is 20.8 Å². The van der Waals surface area contributed by atoms with Gasteiger partial charge in [-0.25, -0.2) is 4.79 Å². The molecule has 7 rings (SSSR count). The van der Waals surface area contributed by atoms with Gasteiger partial charge in [-0.2, -0.15) is 0 Å². The molecular formula is C33H41NO7. The molecule has 3 fully saturated rings. The molecule has 8 heteroatoms. The third-order valence-corrected chi connectivity index (χ3v) is 11.2. The smallest absolute Gasteiger partial charge is 0.415 e. The second-order valence-corrected chi connectivity index (χ2v) is 13.9. The first kappa shape index (κ1) is 27.2. The maximum Gasteiger partial charge on any atom is 0.415 e. The topological polar surface area (TPSA) is 94.5 Å². The molecule has 1 amide bonds. The highest BCUT2D eigenvalue weighted by Crippen LogP contribution is 2.72. The van der Waals surface area contributed by atoms with Crippen molar-refractivity contribution in [3.05, 3.63) is 47.6 Å². The van der Waals surface area contributed by atoms with Crippen LogP contribution in [0.1, 0.15) is 54.4 Å². The molecule has 1 saturated heterocycles. The maximum absolute atomic E-state index is 14.9. The fourth-order valence-corrected chi connectivity index (χ4v) is 9.04. The minimum absolute atomic E-state index is 0.00967. The number of carbonyl (C=O) groups excluding carboxylic acids is 2. The lowest BCUT2D eigenvalue weighted by Gasteiger charge is -2.53. The molecule has 1 aromatic rings. The molecule has 1 N–H and O–H groups in total. The van der Waals surface area contributed by atoms with Crippen LogP contribution < -0.4 is 9.64 Å². The van der Waals surface area contributed by atoms with Gasteiger partial charge in [0.15, 0.2) is 23.3 Å². The van der Waals surface area contributed by atoms with E-state index >= 15 is 0 Å². The molecule has 2 bridgehead atoms. The van der Waals surface area contributed by atoms with Crippen LogP contribution in [-0.4, -0.2) is 60.3 Å². The van der Waals surface area contributed by atoms with Crippen LogP contribution in [0.3, 0.4) is 0 Å². The monoisotopic (exact) mass is 563 g/mol. The van der Waals surface area contributed by atoms with Gasteiger partial charge >= 0.3 is 6.09 Å². The zero-order chi connectivity index (χ0) is 29.1. The zero-order valence-corrected chi connectivity index (χ0v) is 24.8. The third kappa shape index (κ3) is 3.50. The number of para-hydroxylation sites is 2. The number of amides is 1. The minimum atomic E-state index is -1.84. The third-order valence-electron chi connectivity index (χ3n) is 11.2. The Balaban J connectivity index is 1.35. The number of anilines is 1. The Morgan fingerprint density at radius 1 is 1.20 bits per heavy atom. The van der Waals surface area contributed by atoms with Crippen LogP contribution in [0.15, 0.2) is 47.6 Å². The summed E-state index contributed by atoms with van der Waals surface area (Å²) in [5.41, 5.74) is -1.03. The molecular weight excluding hydrogens is 522 g/mol. The van der Waals surface area contributed by atoms with Crippen molar-refractivity contribution in [2.45, 2.75) is 78.0 Å². The van der Waals surface area contributed by atoms with Crippen LogP contribution in [0.5, 0.6) is 5.75 Å². The molecule has 2 saturated carbocycles. The summed E-state index contributed by atoms with van der Waals surface area (Å²) in [5.74, 6) is -0.309. The molecule has 1 unspecified atom stereocenters. The Kier molecular flexibility index (Phi) is 5.75. The summed E-state index contributed by atoms with van der Waals surface area (Å²) >= 11 is 0. The van der Waals surface area contributed by atoms with E-state index in [4.69, 9.17) is 18.9 Å². The van der Waals surface area contributed by atoms with Crippen molar-refractivity contribution < 1.29 is 33.6 Å². The summed E-state index contributed by atoms with van der Waals surface area (Å²) in [6, 6.07) is 7.34. The first-order chi connectivity index (χ1) is 19.4. The largest absolute Gasteiger partial charge is 0.490 e. The number of Topliss-reactive ketones (excluding diaryl/α,β-unsaturated/α-hetero) is 1. The number of benzene rings is 1. The lowest BCUT2D eigenvalue weighted by molar-refractivity contribution is -0.302. The molecule has 8 nitrogen and oxygen atoms in total. The van der Waals surface area contributed by atoms with E-state index < -0.39 is 35.1 Å². The van der Waals surface area contributed by atoms with Crippen LogP contribution in [0.4, 0.5) is 10.5 Å². The molecule has 0 radical (unpaired) electrons. The predicted molar refractivity (Wildman–Crippen MR) is 151 cm³/mol. The molecule has 1 spiro atoms. The number of aliphatic hydroxyl groups is 1. The SMILES string of the molecule is CC1=C[C@]23C(=O)[C@@H](C=C4COC(C)(C)O[C@H]4[C@]2(O)[C@H]1OC(=O)N1CCOc2ccccc21)[C@@H]1CC1(C(C)C)C[C@H]3C. The normalized spacial score (nSPS) is 41.9. The molecule has 220 valence electrons. The number of fused-ring (bicyclic) bond motifs is 6. The van der Waals surface area contributed by atoms with Crippen molar-refractivity contribution in [2.24, 2.45) is 34.5 Å². The van der Waals surface area contributed by atoms with Gasteiger partial charge in [0.2, 0.25) is 0 Å². The first-order valence-electron chi connectivity index (χ1n) is 15.0. The lowest BCUT2D eigenvalue weighted by Crippen LogP contribution is -2.68. The van der Waals surface area contributed by atoms with Crippen molar-refractivity contribution in [1.82, 2.24) is 0 Å². The average molecular weight is 564 g/mol. The van der Waals surface area contributed by atoms with Crippen LogP contribution in [0, 0.1) is 34.5 Å². The summed E-state index contributed by atoms with van der Waals surface area (Å²) < 4.78 is 24.7. The quantitative estimate of drug-likeness (QED) is 0.504. The van der Waals surface area contributed by atoms with E-state index in [1.165, 1.54) is 0 Å². The Bertz CT molecular complexity index is 1380. The number of ether oxygens (including phenoxy) is 4. The minimum Gasteiger partial charge on any atom is -0.490 e. The predicted octanol–water partition coefficient (Wildman–Crippen LogP) is 5.05. The van der Waals surface area contributed by atoms with Gasteiger partial charge in [-0.1, -0.05) is 45.1 Å². The molecule has 6 aliphatic rings. The van der Waals surface area contributed by atoms with E-state index in [0.717, 1.165) is 18.4 Å². The number of carbonyl (C=O) groups is 2. The number of hydrogen-bond acceptors (Lipinski definition) is 7. The van der Waals surface area contributed by atoms with Crippen LogP contribution in [0.25, 0.3) is 0 Å². The summed E-state index contributed by atoms with van der Waals surface area (Å²) in [7, 11) is 0. The van der Waals surface area contributed by atoms with E-state index in [-0.39, 0.29) is 35.6 Å². The highest BCUT2D eigenvalue weighted by molar-refractivity contribution is 5.96. The molecule has 2 heterocycles. The van der Waals surface area contributed by atoms with Gasteiger partial charge in [-0.05, 0) is 80.1 Å². The molecule has 41 heavy (non-hydrogen) atoms. The fourth-order valence-electron chi connectivity index (χ4n) is 9.04. The number of allylic oxidation sites excluding steroid dienone is 1. The number of hydrogen-bond donors (Lipinski definition) is 1. The van der Waals surface area contributed by atoms with Gasteiger partial charge in [-0.15, -0.1) is 0 Å². The highest BCUT2D eigenvalue weighted by atomic mass is 16.7. The Morgan fingerprint density at radius 3 is 2.71 bits per heavy atom. The Labute approximate surface area is 241 Å². The van der Waals surface area contributed by atoms with Gasteiger partial charge < -0.3 is 24.1 Å².